The molecule has 3 atom stereocenters. The average Bonchev–Trinajstić information content (AvgIpc) is 3.72. The Morgan fingerprint density at radius 3 is 1.61 bits per heavy atom. The van der Waals surface area contributed by atoms with Crippen LogP contribution in [-0.4, -0.2) is 89.5 Å². The molecule has 328 valence electrons. The van der Waals surface area contributed by atoms with Gasteiger partial charge in [0, 0.05) is 13.0 Å². The standard InChI is InChI=1S/C25H29N3O6.C23H26O5/c1-17(24(31)32)26-22(29)21-13-8-14-28(21)23(30)20(15-18-9-4-2-5-10-18)27-25(33)34-16-19-11-6-3-7-12-19;1-13-7-15(3)20(16(4)8-13)22(25)27-11-19(24)12-28-23(26)21-17(5)9-14(2)10-18(21)6/h2-7,9-12,17,20-21H,8,13-16H2,1H3,(H,26,29)(H,27,33)(H,31,32);7-10H,11-12H2,1-6H3/t17-,20+,21-;/m0./s1. The molecule has 3 amide bonds. The van der Waals surface area contributed by atoms with Gasteiger partial charge in [-0.3, -0.25) is 19.2 Å². The Morgan fingerprint density at radius 2 is 1.15 bits per heavy atom. The quantitative estimate of drug-likeness (QED) is 0.0908. The monoisotopic (exact) mass is 849 g/mol. The second-order valence-corrected chi connectivity index (χ2v) is 15.4. The molecule has 5 rings (SSSR count). The maximum atomic E-state index is 13.5. The molecule has 0 aromatic heterocycles. The fourth-order valence-corrected chi connectivity index (χ4v) is 7.31. The number of esters is 2. The lowest BCUT2D eigenvalue weighted by atomic mass is 10.00. The van der Waals surface area contributed by atoms with Gasteiger partial charge in [0.2, 0.25) is 17.6 Å². The fourth-order valence-electron chi connectivity index (χ4n) is 7.31. The molecule has 0 spiro atoms. The van der Waals surface area contributed by atoms with E-state index in [1.165, 1.54) is 11.8 Å². The summed E-state index contributed by atoms with van der Waals surface area (Å²) in [4.78, 5) is 87.8. The van der Waals surface area contributed by atoms with Crippen molar-refractivity contribution in [3.63, 3.8) is 0 Å². The van der Waals surface area contributed by atoms with Gasteiger partial charge in [-0.2, -0.15) is 0 Å². The lowest BCUT2D eigenvalue weighted by Gasteiger charge is -2.29. The lowest BCUT2D eigenvalue weighted by molar-refractivity contribution is -0.143. The number of likely N-dealkylation sites (tertiary alicyclic amines) is 1. The van der Waals surface area contributed by atoms with Crippen LogP contribution in [0, 0.1) is 41.5 Å². The van der Waals surface area contributed by atoms with Gasteiger partial charge in [-0.05, 0) is 94.7 Å². The van der Waals surface area contributed by atoms with Crippen LogP contribution in [0.4, 0.5) is 4.79 Å². The number of carbonyl (C=O) groups excluding carboxylic acids is 6. The van der Waals surface area contributed by atoms with E-state index in [-0.39, 0.29) is 13.0 Å². The number of aliphatic carboxylic acids is 1. The van der Waals surface area contributed by atoms with Crippen LogP contribution < -0.4 is 10.6 Å². The van der Waals surface area contributed by atoms with Crippen molar-refractivity contribution in [1.82, 2.24) is 15.5 Å². The first-order chi connectivity index (χ1) is 29.4. The number of hydrogen-bond donors (Lipinski definition) is 3. The van der Waals surface area contributed by atoms with E-state index in [4.69, 9.17) is 19.3 Å². The zero-order valence-corrected chi connectivity index (χ0v) is 36.2. The molecular formula is C48H55N3O11. The van der Waals surface area contributed by atoms with Gasteiger partial charge in [0.1, 0.15) is 24.7 Å². The predicted octanol–water partition coefficient (Wildman–Crippen LogP) is 6.22. The summed E-state index contributed by atoms with van der Waals surface area (Å²) in [6.07, 6.45) is 0.497. The summed E-state index contributed by atoms with van der Waals surface area (Å²) in [5.74, 6) is -3.69. The number of hydrogen-bond acceptors (Lipinski definition) is 10. The average molecular weight is 850 g/mol. The highest BCUT2D eigenvalue weighted by atomic mass is 16.6. The zero-order valence-electron chi connectivity index (χ0n) is 36.2. The molecule has 1 fully saturated rings. The SMILES string of the molecule is C[C@H](NC(=O)[C@@H]1CCCN1C(=O)[C@@H](Cc1ccccc1)NC(=O)OCc1ccccc1)C(=O)O.Cc1cc(C)c(C(=O)OCC(=O)COC(=O)c2c(C)cc(C)cc2C)c(C)c1. The highest BCUT2D eigenvalue weighted by Gasteiger charge is 2.38. The molecule has 0 bridgehead atoms. The second kappa shape index (κ2) is 22.7. The van der Waals surface area contributed by atoms with Gasteiger partial charge in [0.25, 0.3) is 0 Å². The van der Waals surface area contributed by atoms with Crippen molar-refractivity contribution in [2.24, 2.45) is 0 Å². The number of carboxylic acid groups (broad SMARTS) is 1. The number of Topliss-reactive ketones (excluding diaryl/α,β-unsaturated/α-hetero) is 1. The number of rotatable bonds is 15. The summed E-state index contributed by atoms with van der Waals surface area (Å²) in [6.45, 7) is 12.1. The van der Waals surface area contributed by atoms with Gasteiger partial charge in [0.05, 0.1) is 11.1 Å². The third-order valence-corrected chi connectivity index (χ3v) is 10.1. The van der Waals surface area contributed by atoms with Crippen LogP contribution in [0.3, 0.4) is 0 Å². The van der Waals surface area contributed by atoms with Crippen molar-refractivity contribution >= 4 is 41.6 Å². The molecule has 1 heterocycles. The Labute approximate surface area is 361 Å². The first kappa shape index (κ1) is 47.8. The number of aryl methyl sites for hydroxylation is 6. The number of carbonyl (C=O) groups is 7. The number of amides is 3. The molecule has 4 aromatic carbocycles. The van der Waals surface area contributed by atoms with Crippen LogP contribution in [0.2, 0.25) is 0 Å². The molecule has 0 unspecified atom stereocenters. The molecule has 62 heavy (non-hydrogen) atoms. The van der Waals surface area contributed by atoms with Crippen LogP contribution in [0.25, 0.3) is 0 Å². The van der Waals surface area contributed by atoms with E-state index < -0.39 is 72.9 Å². The van der Waals surface area contributed by atoms with E-state index in [2.05, 4.69) is 10.6 Å². The summed E-state index contributed by atoms with van der Waals surface area (Å²) < 4.78 is 15.5. The fraction of sp³-hybridized carbons (Fsp3) is 0.354. The van der Waals surface area contributed by atoms with Crippen molar-refractivity contribution in [2.45, 2.75) is 92.5 Å². The van der Waals surface area contributed by atoms with Gasteiger partial charge in [-0.25, -0.2) is 14.4 Å². The second-order valence-electron chi connectivity index (χ2n) is 15.4. The molecular weight excluding hydrogens is 795 g/mol. The first-order valence-electron chi connectivity index (χ1n) is 20.3. The van der Waals surface area contributed by atoms with Gasteiger partial charge >= 0.3 is 24.0 Å². The lowest BCUT2D eigenvalue weighted by Crippen LogP contribution is -2.55. The zero-order chi connectivity index (χ0) is 45.5. The van der Waals surface area contributed by atoms with Gasteiger partial charge in [0.15, 0.2) is 13.2 Å². The number of ether oxygens (including phenoxy) is 3. The molecule has 0 aliphatic carbocycles. The number of nitrogens with zero attached hydrogens (tertiary/aromatic N) is 1. The maximum absolute atomic E-state index is 13.5. The molecule has 1 aliphatic rings. The molecule has 14 nitrogen and oxygen atoms in total. The minimum Gasteiger partial charge on any atom is -0.480 e. The number of nitrogens with one attached hydrogen (secondary N) is 2. The number of ketones is 1. The van der Waals surface area contributed by atoms with E-state index in [1.54, 1.807) is 0 Å². The number of alkyl carbamates (subject to hydrolysis) is 1. The molecule has 0 radical (unpaired) electrons. The van der Waals surface area contributed by atoms with E-state index in [1.807, 2.05) is 126 Å². The molecule has 14 heteroatoms. The molecule has 1 aliphatic heterocycles. The summed E-state index contributed by atoms with van der Waals surface area (Å²) >= 11 is 0. The van der Waals surface area contributed by atoms with Crippen LogP contribution in [-0.2, 0) is 46.4 Å². The topological polar surface area (TPSA) is 195 Å². The van der Waals surface area contributed by atoms with Crippen molar-refractivity contribution in [2.75, 3.05) is 19.8 Å². The Morgan fingerprint density at radius 1 is 0.677 bits per heavy atom. The third-order valence-electron chi connectivity index (χ3n) is 10.1. The first-order valence-corrected chi connectivity index (χ1v) is 20.3. The molecule has 3 N–H and O–H groups in total. The van der Waals surface area contributed by atoms with Gasteiger partial charge < -0.3 is 34.9 Å². The number of benzene rings is 4. The van der Waals surface area contributed by atoms with E-state index in [0.29, 0.717) is 30.5 Å². The Bertz CT molecular complexity index is 2140. The Kier molecular flexibility index (Phi) is 17.5. The smallest absolute Gasteiger partial charge is 0.408 e. The Balaban J connectivity index is 0.000000278. The number of carboxylic acids is 1. The Hall–Kier alpha value is -6.83. The summed E-state index contributed by atoms with van der Waals surface area (Å²) in [6, 6.07) is 23.1. The molecule has 0 saturated carbocycles. The molecule has 4 aromatic rings. The normalized spacial score (nSPS) is 14.0. The van der Waals surface area contributed by atoms with Gasteiger partial charge in [-0.15, -0.1) is 0 Å². The van der Waals surface area contributed by atoms with Gasteiger partial charge in [-0.1, -0.05) is 96.1 Å². The largest absolute Gasteiger partial charge is 0.480 e. The molecule has 1 saturated heterocycles. The summed E-state index contributed by atoms with van der Waals surface area (Å²) in [5, 5.41) is 14.2. The van der Waals surface area contributed by atoms with E-state index in [9.17, 15) is 33.6 Å². The van der Waals surface area contributed by atoms with Crippen molar-refractivity contribution in [1.29, 1.82) is 0 Å². The summed E-state index contributed by atoms with van der Waals surface area (Å²) in [5.41, 5.74) is 7.86. The van der Waals surface area contributed by atoms with Crippen LogP contribution >= 0.6 is 0 Å². The van der Waals surface area contributed by atoms with Crippen LogP contribution in [0.15, 0.2) is 84.9 Å². The maximum Gasteiger partial charge on any atom is 0.408 e. The third kappa shape index (κ3) is 13.9. The van der Waals surface area contributed by atoms with Crippen molar-refractivity contribution < 1.29 is 52.9 Å². The van der Waals surface area contributed by atoms with Crippen molar-refractivity contribution in [3.8, 4) is 0 Å². The van der Waals surface area contributed by atoms with Crippen LogP contribution in [0.5, 0.6) is 0 Å². The minimum absolute atomic E-state index is 0.0563. The minimum atomic E-state index is -1.16. The van der Waals surface area contributed by atoms with Crippen molar-refractivity contribution in [3.05, 3.63) is 141 Å². The predicted molar refractivity (Wildman–Crippen MR) is 231 cm³/mol. The highest BCUT2D eigenvalue weighted by molar-refractivity contribution is 5.97. The summed E-state index contributed by atoms with van der Waals surface area (Å²) in [7, 11) is 0. The highest BCUT2D eigenvalue weighted by Crippen LogP contribution is 2.21. The van der Waals surface area contributed by atoms with E-state index >= 15 is 0 Å². The van der Waals surface area contributed by atoms with Crippen LogP contribution in [0.1, 0.15) is 85.0 Å². The van der Waals surface area contributed by atoms with E-state index in [0.717, 1.165) is 44.5 Å².